The molecule has 17 heteroatoms. The summed E-state index contributed by atoms with van der Waals surface area (Å²) < 4.78 is 23.8. The maximum Gasteiger partial charge on any atom is 0.267 e. The van der Waals surface area contributed by atoms with Crippen LogP contribution in [0.2, 0.25) is 0 Å². The number of nitrogens with one attached hydrogen (secondary N) is 5. The zero-order valence-corrected chi connectivity index (χ0v) is 38.4. The van der Waals surface area contributed by atoms with E-state index in [1.54, 1.807) is 126 Å². The van der Waals surface area contributed by atoms with Gasteiger partial charge in [-0.2, -0.15) is 5.26 Å². The number of hydrogen-bond donors (Lipinski definition) is 7. The molecule has 8 aromatic rings. The number of carbonyl (C=O) groups excluding carboxylic acids is 4. The molecule has 9 N–H and O–H groups in total. The first-order chi connectivity index (χ1) is 32.7. The first-order valence-electron chi connectivity index (χ1n) is 20.4. The maximum atomic E-state index is 12.8. The molecule has 4 amide bonds. The maximum absolute atomic E-state index is 12.8. The highest BCUT2D eigenvalue weighted by Gasteiger charge is 2.20. The number of primary sulfonamides is 1. The van der Waals surface area contributed by atoms with Crippen molar-refractivity contribution in [1.82, 2.24) is 0 Å². The molecule has 68 heavy (non-hydrogen) atoms. The van der Waals surface area contributed by atoms with E-state index in [2.05, 4.69) is 34.3 Å². The Labute approximate surface area is 399 Å². The molecule has 0 aliphatic heterocycles. The van der Waals surface area contributed by atoms with E-state index in [0.717, 1.165) is 11.1 Å². The number of nitrogens with zero attached hydrogens (tertiary/aromatic N) is 1. The molecule has 338 valence electrons. The minimum absolute atomic E-state index is 0.00929. The van der Waals surface area contributed by atoms with Crippen LogP contribution in [0.5, 0.6) is 0 Å². The van der Waals surface area contributed by atoms with E-state index in [9.17, 15) is 27.6 Å². The molecule has 0 unspecified atom stereocenters. The second-order valence-corrected chi connectivity index (χ2v) is 18.2. The Morgan fingerprint density at radius 3 is 1.56 bits per heavy atom. The van der Waals surface area contributed by atoms with E-state index in [1.165, 1.54) is 34.3 Å². The molecule has 8 rings (SSSR count). The molecular formula is C51H40N8O6S3. The van der Waals surface area contributed by atoms with Gasteiger partial charge in [0.15, 0.2) is 0 Å². The number of sulfonamides is 1. The second kappa shape index (κ2) is 21.2. The normalized spacial score (nSPS) is 10.7. The van der Waals surface area contributed by atoms with Crippen LogP contribution < -0.4 is 32.1 Å². The Kier molecular flexibility index (Phi) is 14.8. The third-order valence-corrected chi connectivity index (χ3v) is 13.0. The quantitative estimate of drug-likeness (QED) is 0.0457. The summed E-state index contributed by atoms with van der Waals surface area (Å²) in [6.07, 6.45) is 0. The predicted octanol–water partition coefficient (Wildman–Crippen LogP) is 9.95. The van der Waals surface area contributed by atoms with Gasteiger partial charge in [-0.3, -0.25) is 24.6 Å². The summed E-state index contributed by atoms with van der Waals surface area (Å²) >= 11 is 2.40. The van der Waals surface area contributed by atoms with E-state index < -0.39 is 21.8 Å². The van der Waals surface area contributed by atoms with E-state index in [-0.39, 0.29) is 22.5 Å². The summed E-state index contributed by atoms with van der Waals surface area (Å²) in [4.78, 5) is 51.8. The summed E-state index contributed by atoms with van der Waals surface area (Å²) in [5, 5.41) is 36.4. The number of hydrogen-bond acceptors (Lipinski definition) is 10. The molecular weight excluding hydrogens is 917 g/mol. The number of carbonyl (C=O) groups is 4. The van der Waals surface area contributed by atoms with Gasteiger partial charge in [-0.1, -0.05) is 84.9 Å². The summed E-state index contributed by atoms with van der Waals surface area (Å²) in [6.45, 7) is 2.05. The lowest BCUT2D eigenvalue weighted by molar-refractivity contribution is 0.101. The molecule has 0 aliphatic carbocycles. The average Bonchev–Trinajstić information content (AvgIpc) is 4.02. The van der Waals surface area contributed by atoms with Crippen LogP contribution in [0.25, 0.3) is 22.3 Å². The number of amides is 4. The average molecular weight is 957 g/mol. The van der Waals surface area contributed by atoms with Gasteiger partial charge in [0.2, 0.25) is 10.0 Å². The first-order valence-corrected chi connectivity index (χ1v) is 23.7. The standard InChI is InChI=1S/C26H19N3O2S.C25H21N5O4S2/c1-17-5-2-3-8-22(17)19-9-11-20(12-10-19)25(30)29-23-13-14-32-24(23)26(31)28-21-7-4-6-18(15-21)16-27;26-23(27)17-4-3-5-18(14-17)29-25(32)22-20(12-13-35-22)30-24(31)16-10-8-15(9-11-16)19-6-1-2-7-21(19)36(28,33)34/h2-15H,1H3,(H,28,31)(H,29,30);1-14H,(H3,26,27)(H,29,32)(H,30,31)(H2,28,33,34). The van der Waals surface area contributed by atoms with Crippen LogP contribution in [-0.4, -0.2) is 37.9 Å². The zero-order valence-electron chi connectivity index (χ0n) is 35.9. The summed E-state index contributed by atoms with van der Waals surface area (Å²) in [7, 11) is -3.92. The minimum atomic E-state index is -3.92. The number of aryl methyl sites for hydroxylation is 1. The van der Waals surface area contributed by atoms with Crippen molar-refractivity contribution in [3.8, 4) is 28.3 Å². The Morgan fingerprint density at radius 2 is 1.04 bits per heavy atom. The van der Waals surface area contributed by atoms with Gasteiger partial charge >= 0.3 is 0 Å². The fraction of sp³-hybridized carbons (Fsp3) is 0.0196. The highest BCUT2D eigenvalue weighted by Crippen LogP contribution is 2.30. The first kappa shape index (κ1) is 47.4. The van der Waals surface area contributed by atoms with E-state index >= 15 is 0 Å². The van der Waals surface area contributed by atoms with Gasteiger partial charge < -0.3 is 27.0 Å². The van der Waals surface area contributed by atoms with Crippen LogP contribution >= 0.6 is 22.7 Å². The van der Waals surface area contributed by atoms with Crippen molar-refractivity contribution < 1.29 is 27.6 Å². The molecule has 0 saturated heterocycles. The Morgan fingerprint density at radius 1 is 0.559 bits per heavy atom. The van der Waals surface area contributed by atoms with Crippen LogP contribution in [0.4, 0.5) is 22.7 Å². The van der Waals surface area contributed by atoms with Gasteiger partial charge in [-0.15, -0.1) is 22.7 Å². The topological polar surface area (TPSA) is 250 Å². The lowest BCUT2D eigenvalue weighted by Crippen LogP contribution is -2.17. The van der Waals surface area contributed by atoms with Crippen LogP contribution in [0.15, 0.2) is 173 Å². The van der Waals surface area contributed by atoms with Crippen molar-refractivity contribution in [2.24, 2.45) is 10.9 Å². The predicted molar refractivity (Wildman–Crippen MR) is 269 cm³/mol. The van der Waals surface area contributed by atoms with Crippen molar-refractivity contribution in [2.75, 3.05) is 21.3 Å². The lowest BCUT2D eigenvalue weighted by Gasteiger charge is -2.10. The highest BCUT2D eigenvalue weighted by molar-refractivity contribution is 7.89. The summed E-state index contributed by atoms with van der Waals surface area (Å²) in [6, 6.07) is 46.8. The van der Waals surface area contributed by atoms with Gasteiger partial charge in [0, 0.05) is 33.6 Å². The van der Waals surface area contributed by atoms with Gasteiger partial charge in [0.25, 0.3) is 23.6 Å². The molecule has 6 aromatic carbocycles. The highest BCUT2D eigenvalue weighted by atomic mass is 32.2. The third-order valence-electron chi connectivity index (χ3n) is 10.2. The largest absolute Gasteiger partial charge is 0.384 e. The zero-order chi connectivity index (χ0) is 48.4. The van der Waals surface area contributed by atoms with E-state index in [0.29, 0.717) is 65.9 Å². The number of amidine groups is 1. The number of anilines is 4. The molecule has 2 heterocycles. The molecule has 0 radical (unpaired) electrons. The van der Waals surface area contributed by atoms with Crippen molar-refractivity contribution in [1.29, 1.82) is 10.7 Å². The molecule has 14 nitrogen and oxygen atoms in total. The van der Waals surface area contributed by atoms with Crippen molar-refractivity contribution in [2.45, 2.75) is 11.8 Å². The summed E-state index contributed by atoms with van der Waals surface area (Å²) in [5.41, 5.74) is 13.4. The van der Waals surface area contributed by atoms with Crippen LogP contribution in [0.3, 0.4) is 0 Å². The molecule has 0 bridgehead atoms. The molecule has 0 atom stereocenters. The van der Waals surface area contributed by atoms with Crippen molar-refractivity contribution >= 4 is 84.9 Å². The van der Waals surface area contributed by atoms with Gasteiger partial charge in [0.05, 0.1) is 27.9 Å². The Balaban J connectivity index is 0.000000203. The van der Waals surface area contributed by atoms with E-state index in [1.807, 2.05) is 36.4 Å². The fourth-order valence-electron chi connectivity index (χ4n) is 6.82. The van der Waals surface area contributed by atoms with Gasteiger partial charge in [-0.25, -0.2) is 13.6 Å². The number of nitrogens with two attached hydrogens (primary N) is 2. The third kappa shape index (κ3) is 11.6. The number of nitriles is 1. The van der Waals surface area contributed by atoms with Crippen molar-refractivity contribution in [3.63, 3.8) is 0 Å². The second-order valence-electron chi connectivity index (χ2n) is 14.8. The molecule has 0 aliphatic rings. The molecule has 0 saturated carbocycles. The lowest BCUT2D eigenvalue weighted by atomic mass is 9.99. The molecule has 0 spiro atoms. The van der Waals surface area contributed by atoms with Gasteiger partial charge in [0.1, 0.15) is 15.6 Å². The van der Waals surface area contributed by atoms with Crippen LogP contribution in [0.1, 0.15) is 56.7 Å². The smallest absolute Gasteiger partial charge is 0.267 e. The van der Waals surface area contributed by atoms with Crippen molar-refractivity contribution in [3.05, 3.63) is 206 Å². The molecule has 2 aromatic heterocycles. The van der Waals surface area contributed by atoms with Gasteiger partial charge in [-0.05, 0) is 113 Å². The van der Waals surface area contributed by atoms with Crippen LogP contribution in [0, 0.1) is 23.7 Å². The van der Waals surface area contributed by atoms with E-state index in [4.69, 9.17) is 21.5 Å². The number of thiophene rings is 2. The number of benzene rings is 6. The number of rotatable bonds is 12. The molecule has 0 fully saturated rings. The number of nitrogen functional groups attached to an aromatic ring is 1. The minimum Gasteiger partial charge on any atom is -0.384 e. The Bertz CT molecular complexity index is 3360. The summed E-state index contributed by atoms with van der Waals surface area (Å²) in [5.74, 6) is -1.61. The fourth-order valence-corrected chi connectivity index (χ4v) is 9.06. The SMILES string of the molecule is Cc1ccccc1-c1ccc(C(=O)Nc2ccsc2C(=O)Nc2cccc(C#N)c2)cc1.N=C(N)c1cccc(NC(=O)c2sccc2NC(=O)c2ccc(-c3ccccc3S(N)(=O)=O)cc2)c1. The Hall–Kier alpha value is -8.53. The van der Waals surface area contributed by atoms with Crippen LogP contribution in [-0.2, 0) is 10.0 Å². The monoisotopic (exact) mass is 956 g/mol.